The van der Waals surface area contributed by atoms with Gasteiger partial charge in [-0.15, -0.1) is 0 Å². The first-order valence-corrected chi connectivity index (χ1v) is 6.52. The summed E-state index contributed by atoms with van der Waals surface area (Å²) in [5.41, 5.74) is 0. The van der Waals surface area contributed by atoms with Gasteiger partial charge in [0.05, 0.1) is 0 Å². The van der Waals surface area contributed by atoms with Gasteiger partial charge in [-0.3, -0.25) is 0 Å². The third kappa shape index (κ3) is 2.76. The normalized spacial score (nSPS) is 16.4. The fraction of sp³-hybridized carbons (Fsp3) is 0.500. The lowest BCUT2D eigenvalue weighted by molar-refractivity contribution is 0.0668. The average molecular weight is 322 g/mol. The molecule has 108 valence electrons. The summed E-state index contributed by atoms with van der Waals surface area (Å²) < 4.78 is 116. The molecule has 0 radical (unpaired) electrons. The lowest BCUT2D eigenvalue weighted by atomic mass is 10.4. The van der Waals surface area contributed by atoms with Crippen molar-refractivity contribution >= 4 is 20.0 Å². The number of rotatable bonds is 4. The first-order valence-electron chi connectivity index (χ1n) is 3.43. The molecule has 0 aromatic carbocycles. The first-order chi connectivity index (χ1) is 7.57. The minimum absolute atomic E-state index is 3.76. The number of primary sulfonamides is 2. The number of sulfonamides is 2. The van der Waals surface area contributed by atoms with Gasteiger partial charge in [0, 0.05) is 0 Å². The summed E-state index contributed by atoms with van der Waals surface area (Å²) in [6.07, 6.45) is 0. The van der Waals surface area contributed by atoms with Crippen molar-refractivity contribution < 1.29 is 43.2 Å². The van der Waals surface area contributed by atoms with Gasteiger partial charge in [0.2, 0.25) is 11.7 Å². The summed E-state index contributed by atoms with van der Waals surface area (Å²) in [6.45, 7) is 0. The molecule has 0 spiro atoms. The van der Waals surface area contributed by atoms with Gasteiger partial charge in [-0.1, -0.05) is 0 Å². The van der Waals surface area contributed by atoms with E-state index >= 15 is 0 Å². The Labute approximate surface area is 96.3 Å². The molecule has 6 nitrogen and oxygen atoms in total. The first kappa shape index (κ1) is 17.1. The van der Waals surface area contributed by atoms with Crippen LogP contribution < -0.4 is 10.3 Å². The predicted molar refractivity (Wildman–Crippen MR) is 45.4 cm³/mol. The van der Waals surface area contributed by atoms with Crippen molar-refractivity contribution in [2.45, 2.75) is 10.5 Å². The van der Waals surface area contributed by atoms with Crippen LogP contribution in [0.3, 0.4) is 0 Å². The van der Waals surface area contributed by atoms with E-state index in [0.29, 0.717) is 0 Å². The van der Waals surface area contributed by atoms with Gasteiger partial charge >= 0.3 is 10.5 Å². The van der Waals surface area contributed by atoms with Gasteiger partial charge < -0.3 is 0 Å². The zero-order chi connectivity index (χ0) is 15.2. The fourth-order valence-corrected chi connectivity index (χ4v) is 1.18. The van der Waals surface area contributed by atoms with Gasteiger partial charge in [-0.2, -0.15) is 17.6 Å². The summed E-state index contributed by atoms with van der Waals surface area (Å²) >= 11 is 0. The molecule has 0 aliphatic carbocycles. The van der Waals surface area contributed by atoms with Crippen LogP contribution in [-0.2, 0) is 20.0 Å². The Kier molecular flexibility index (Phi) is 4.15. The zero-order valence-electron chi connectivity index (χ0n) is 7.87. The van der Waals surface area contributed by atoms with E-state index in [1.165, 1.54) is 0 Å². The Bertz CT molecular complexity index is 527. The van der Waals surface area contributed by atoms with Gasteiger partial charge in [-0.05, 0) is 0 Å². The summed E-state index contributed by atoms with van der Waals surface area (Å²) in [5.74, 6) is -7.74. The third-order valence-electron chi connectivity index (χ3n) is 1.42. The van der Waals surface area contributed by atoms with Gasteiger partial charge in [0.15, 0.2) is 0 Å². The molecule has 0 aromatic heterocycles. The van der Waals surface area contributed by atoms with E-state index in [9.17, 15) is 43.2 Å². The van der Waals surface area contributed by atoms with Crippen molar-refractivity contribution in [3.05, 3.63) is 11.7 Å². The molecule has 0 saturated heterocycles. The SMILES string of the molecule is NS(=O)(=O)C(F)(F)C(F)=C(F)C(F)(F)S(N)(=O)=O. The fourth-order valence-electron chi connectivity index (χ4n) is 0.505. The van der Waals surface area contributed by atoms with Crippen molar-refractivity contribution in [1.82, 2.24) is 0 Å². The Morgan fingerprint density at radius 2 is 0.889 bits per heavy atom. The number of hydrogen-bond acceptors (Lipinski definition) is 4. The van der Waals surface area contributed by atoms with Gasteiger partial charge in [0.1, 0.15) is 0 Å². The van der Waals surface area contributed by atoms with E-state index in [-0.39, 0.29) is 0 Å². The lowest BCUT2D eigenvalue weighted by Crippen LogP contribution is -2.41. The Morgan fingerprint density at radius 1 is 0.722 bits per heavy atom. The highest BCUT2D eigenvalue weighted by Gasteiger charge is 2.58. The molecule has 0 heterocycles. The molecule has 0 fully saturated rings. The Balaban J connectivity index is 6.14. The molecule has 0 aliphatic heterocycles. The average Bonchev–Trinajstić information content (AvgIpc) is 2.11. The van der Waals surface area contributed by atoms with Crippen LogP contribution in [0, 0.1) is 0 Å². The molecule has 0 rings (SSSR count). The lowest BCUT2D eigenvalue weighted by Gasteiger charge is -2.16. The van der Waals surface area contributed by atoms with Crippen LogP contribution in [0.1, 0.15) is 0 Å². The van der Waals surface area contributed by atoms with Crippen molar-refractivity contribution in [3.63, 3.8) is 0 Å². The van der Waals surface area contributed by atoms with Crippen LogP contribution in [0.15, 0.2) is 11.7 Å². The second-order valence-corrected chi connectivity index (χ2v) is 5.96. The monoisotopic (exact) mass is 322 g/mol. The number of halogens is 6. The smallest absolute Gasteiger partial charge is 0.223 e. The summed E-state index contributed by atoms with van der Waals surface area (Å²) in [7, 11) is -12.3. The molecule has 0 aromatic rings. The van der Waals surface area contributed by atoms with Gasteiger partial charge in [0.25, 0.3) is 20.0 Å². The molecule has 0 unspecified atom stereocenters. The zero-order valence-corrected chi connectivity index (χ0v) is 9.50. The number of hydrogen-bond donors (Lipinski definition) is 2. The van der Waals surface area contributed by atoms with Crippen LogP contribution in [0.25, 0.3) is 0 Å². The second-order valence-electron chi connectivity index (χ2n) is 2.75. The Morgan fingerprint density at radius 3 is 1.00 bits per heavy atom. The van der Waals surface area contributed by atoms with Crippen molar-refractivity contribution in [2.75, 3.05) is 0 Å². The van der Waals surface area contributed by atoms with Crippen molar-refractivity contribution in [2.24, 2.45) is 10.3 Å². The van der Waals surface area contributed by atoms with Crippen LogP contribution in [-0.4, -0.2) is 27.3 Å². The number of alkyl halides is 4. The van der Waals surface area contributed by atoms with Crippen LogP contribution in [0.4, 0.5) is 26.3 Å². The van der Waals surface area contributed by atoms with Crippen molar-refractivity contribution in [3.8, 4) is 0 Å². The van der Waals surface area contributed by atoms with Crippen LogP contribution >= 0.6 is 0 Å². The van der Waals surface area contributed by atoms with Gasteiger partial charge in [-0.25, -0.2) is 35.9 Å². The molecule has 0 amide bonds. The molecule has 4 N–H and O–H groups in total. The topological polar surface area (TPSA) is 120 Å². The maximum atomic E-state index is 12.6. The Hall–Kier alpha value is -0.860. The third-order valence-corrected chi connectivity index (χ3v) is 3.21. The highest BCUT2D eigenvalue weighted by atomic mass is 32.2. The maximum absolute atomic E-state index is 12.6. The van der Waals surface area contributed by atoms with E-state index in [1.807, 2.05) is 0 Å². The van der Waals surface area contributed by atoms with E-state index in [0.717, 1.165) is 0 Å². The molecule has 0 aliphatic rings. The quantitative estimate of drug-likeness (QED) is 0.702. The van der Waals surface area contributed by atoms with E-state index in [2.05, 4.69) is 10.3 Å². The molecule has 0 saturated carbocycles. The predicted octanol–water partition coefficient (Wildman–Crippen LogP) is -0.100. The maximum Gasteiger partial charge on any atom is 0.412 e. The molecular formula is C4H4F6N2O4S2. The van der Waals surface area contributed by atoms with Crippen molar-refractivity contribution in [1.29, 1.82) is 0 Å². The molecule has 0 bridgehead atoms. The van der Waals surface area contributed by atoms with E-state index in [4.69, 9.17) is 0 Å². The van der Waals surface area contributed by atoms with Crippen LogP contribution in [0.2, 0.25) is 0 Å². The minimum atomic E-state index is -6.13. The van der Waals surface area contributed by atoms with E-state index < -0.39 is 42.2 Å². The highest BCUT2D eigenvalue weighted by molar-refractivity contribution is 7.90. The van der Waals surface area contributed by atoms with Crippen LogP contribution in [0.5, 0.6) is 0 Å². The largest absolute Gasteiger partial charge is 0.412 e. The second kappa shape index (κ2) is 4.36. The minimum Gasteiger partial charge on any atom is -0.223 e. The molecule has 18 heavy (non-hydrogen) atoms. The van der Waals surface area contributed by atoms with E-state index in [1.54, 1.807) is 0 Å². The summed E-state index contributed by atoms with van der Waals surface area (Å²) in [6, 6.07) is 0. The summed E-state index contributed by atoms with van der Waals surface area (Å²) in [5, 5.41) is -4.22. The molecular weight excluding hydrogens is 318 g/mol. The summed E-state index contributed by atoms with van der Waals surface area (Å²) in [4.78, 5) is 0. The highest BCUT2D eigenvalue weighted by Crippen LogP contribution is 2.39. The number of nitrogens with two attached hydrogens (primary N) is 2. The molecule has 14 heteroatoms. The molecule has 0 atom stereocenters. The standard InChI is InChI=1S/C4H4F6N2O4S2/c5-1(3(7,8)17(11,13)14)2(6)4(9,10)18(12,15)16/h(H2,11,13,14)(H2,12,15,16).